The fourth-order valence-electron chi connectivity index (χ4n) is 1.69. The number of aliphatic hydroxyl groups is 1. The summed E-state index contributed by atoms with van der Waals surface area (Å²) in [6.07, 6.45) is -5.59. The van der Waals surface area contributed by atoms with Crippen LogP contribution >= 0.6 is 0 Å². The lowest BCUT2D eigenvalue weighted by Crippen LogP contribution is -2.56. The van der Waals surface area contributed by atoms with Crippen molar-refractivity contribution in [3.05, 3.63) is 35.4 Å². The third-order valence-electron chi connectivity index (χ3n) is 2.75. The van der Waals surface area contributed by atoms with Crippen LogP contribution in [0.1, 0.15) is 18.9 Å². The van der Waals surface area contributed by atoms with Gasteiger partial charge in [0.15, 0.2) is 0 Å². The van der Waals surface area contributed by atoms with Crippen molar-refractivity contribution in [2.24, 2.45) is 5.73 Å². The molecule has 0 aliphatic rings. The van der Waals surface area contributed by atoms with Crippen LogP contribution in [-0.2, 0) is 5.60 Å². The topological polar surface area (TPSA) is 46.2 Å². The third kappa shape index (κ3) is 2.20. The summed E-state index contributed by atoms with van der Waals surface area (Å²) in [6.45, 7) is 1.28. The highest BCUT2D eigenvalue weighted by Crippen LogP contribution is 2.43. The molecule has 0 aliphatic heterocycles. The third-order valence-corrected chi connectivity index (χ3v) is 2.75. The van der Waals surface area contributed by atoms with Gasteiger partial charge in [-0.3, -0.25) is 0 Å². The van der Waals surface area contributed by atoms with Crippen molar-refractivity contribution in [3.63, 3.8) is 0 Å². The standard InChI is InChI=1S/C11H12F5NO/c1-2-8(17)10(18,11(14,15)16)9-6(12)4-3-5-7(9)13/h3-5,8,18H,2,17H2,1H3. The van der Waals surface area contributed by atoms with Crippen molar-refractivity contribution >= 4 is 0 Å². The first kappa shape index (κ1) is 14.8. The van der Waals surface area contributed by atoms with Gasteiger partial charge in [0.2, 0.25) is 5.60 Å². The lowest BCUT2D eigenvalue weighted by molar-refractivity contribution is -0.276. The minimum atomic E-state index is -5.29. The number of benzene rings is 1. The molecule has 0 heterocycles. The molecule has 0 amide bonds. The molecule has 0 saturated carbocycles. The molecule has 7 heteroatoms. The van der Waals surface area contributed by atoms with Crippen molar-refractivity contribution in [2.45, 2.75) is 31.2 Å². The van der Waals surface area contributed by atoms with Crippen LogP contribution in [-0.4, -0.2) is 17.3 Å². The minimum absolute atomic E-state index is 0.302. The summed E-state index contributed by atoms with van der Waals surface area (Å²) in [5.74, 6) is -2.97. The Bertz CT molecular complexity index is 414. The maximum absolute atomic E-state index is 13.4. The molecule has 18 heavy (non-hydrogen) atoms. The normalized spacial score (nSPS) is 17.3. The van der Waals surface area contributed by atoms with Crippen molar-refractivity contribution < 1.29 is 27.1 Å². The van der Waals surface area contributed by atoms with Gasteiger partial charge < -0.3 is 10.8 Å². The van der Waals surface area contributed by atoms with Gasteiger partial charge in [-0.25, -0.2) is 8.78 Å². The molecular formula is C11H12F5NO. The molecule has 1 rings (SSSR count). The van der Waals surface area contributed by atoms with E-state index in [-0.39, 0.29) is 6.42 Å². The van der Waals surface area contributed by atoms with Crippen LogP contribution in [0.25, 0.3) is 0 Å². The summed E-state index contributed by atoms with van der Waals surface area (Å²) in [6, 6.07) is 0.307. The molecule has 0 bridgehead atoms. The Morgan fingerprint density at radius 1 is 1.22 bits per heavy atom. The van der Waals surface area contributed by atoms with E-state index in [0.717, 1.165) is 6.07 Å². The Morgan fingerprint density at radius 3 is 2.00 bits per heavy atom. The van der Waals surface area contributed by atoms with Gasteiger partial charge in [0.1, 0.15) is 11.6 Å². The van der Waals surface area contributed by atoms with Gasteiger partial charge in [-0.15, -0.1) is 0 Å². The van der Waals surface area contributed by atoms with E-state index >= 15 is 0 Å². The van der Waals surface area contributed by atoms with Crippen molar-refractivity contribution in [1.82, 2.24) is 0 Å². The molecule has 2 unspecified atom stereocenters. The summed E-state index contributed by atoms with van der Waals surface area (Å²) in [4.78, 5) is 0. The average Bonchev–Trinajstić information content (AvgIpc) is 2.25. The highest BCUT2D eigenvalue weighted by molar-refractivity contribution is 5.30. The van der Waals surface area contributed by atoms with E-state index in [9.17, 15) is 27.1 Å². The molecule has 0 saturated heterocycles. The molecule has 0 spiro atoms. The largest absolute Gasteiger partial charge is 0.423 e. The summed E-state index contributed by atoms with van der Waals surface area (Å²) in [7, 11) is 0. The Kier molecular flexibility index (Phi) is 3.97. The van der Waals surface area contributed by atoms with E-state index in [1.54, 1.807) is 0 Å². The number of nitrogens with two attached hydrogens (primary N) is 1. The molecular weight excluding hydrogens is 257 g/mol. The molecule has 0 radical (unpaired) electrons. The second kappa shape index (κ2) is 4.81. The SMILES string of the molecule is CCC(N)C(O)(c1c(F)cccc1F)C(F)(F)F. The van der Waals surface area contributed by atoms with Crippen molar-refractivity contribution in [2.75, 3.05) is 0 Å². The first-order valence-corrected chi connectivity index (χ1v) is 5.15. The molecule has 0 fully saturated rings. The van der Waals surface area contributed by atoms with Crippen LogP contribution in [0.5, 0.6) is 0 Å². The van der Waals surface area contributed by atoms with Gasteiger partial charge in [-0.2, -0.15) is 13.2 Å². The van der Waals surface area contributed by atoms with Crippen molar-refractivity contribution in [1.29, 1.82) is 0 Å². The number of hydrogen-bond donors (Lipinski definition) is 2. The fraction of sp³-hybridized carbons (Fsp3) is 0.455. The molecule has 2 nitrogen and oxygen atoms in total. The molecule has 2 atom stereocenters. The summed E-state index contributed by atoms with van der Waals surface area (Å²) >= 11 is 0. The van der Waals surface area contributed by atoms with Gasteiger partial charge in [0.25, 0.3) is 0 Å². The quantitative estimate of drug-likeness (QED) is 0.828. The number of hydrogen-bond acceptors (Lipinski definition) is 2. The lowest BCUT2D eigenvalue weighted by atomic mass is 9.84. The second-order valence-corrected chi connectivity index (χ2v) is 3.88. The summed E-state index contributed by atoms with van der Waals surface area (Å²) in [5.41, 5.74) is -0.0146. The predicted octanol–water partition coefficient (Wildman–Crippen LogP) is 2.45. The predicted molar refractivity (Wildman–Crippen MR) is 54.6 cm³/mol. The van der Waals surface area contributed by atoms with Gasteiger partial charge in [0.05, 0.1) is 5.56 Å². The monoisotopic (exact) mass is 269 g/mol. The Morgan fingerprint density at radius 2 is 1.67 bits per heavy atom. The number of halogens is 5. The molecule has 0 aliphatic carbocycles. The fourth-order valence-corrected chi connectivity index (χ4v) is 1.69. The van der Waals surface area contributed by atoms with Crippen LogP contribution in [0.15, 0.2) is 18.2 Å². The maximum atomic E-state index is 13.4. The van der Waals surface area contributed by atoms with Crippen LogP contribution in [0.4, 0.5) is 22.0 Å². The van der Waals surface area contributed by atoms with Crippen LogP contribution in [0.3, 0.4) is 0 Å². The highest BCUT2D eigenvalue weighted by Gasteiger charge is 2.60. The zero-order chi connectivity index (χ0) is 14.1. The lowest BCUT2D eigenvalue weighted by Gasteiger charge is -2.35. The number of alkyl halides is 3. The van der Waals surface area contributed by atoms with E-state index in [1.807, 2.05) is 0 Å². The zero-order valence-electron chi connectivity index (χ0n) is 9.43. The smallest absolute Gasteiger partial charge is 0.375 e. The Labute approximate surface area is 100 Å². The summed E-state index contributed by atoms with van der Waals surface area (Å²) in [5, 5.41) is 9.72. The second-order valence-electron chi connectivity index (χ2n) is 3.88. The minimum Gasteiger partial charge on any atom is -0.375 e. The van der Waals surface area contributed by atoms with Crippen molar-refractivity contribution in [3.8, 4) is 0 Å². The van der Waals surface area contributed by atoms with E-state index in [1.165, 1.54) is 6.92 Å². The average molecular weight is 269 g/mol. The van der Waals surface area contributed by atoms with E-state index in [2.05, 4.69) is 0 Å². The summed E-state index contributed by atoms with van der Waals surface area (Å²) < 4.78 is 65.6. The highest BCUT2D eigenvalue weighted by atomic mass is 19.4. The first-order chi connectivity index (χ1) is 8.16. The maximum Gasteiger partial charge on any atom is 0.423 e. The molecule has 3 N–H and O–H groups in total. The van der Waals surface area contributed by atoms with Gasteiger partial charge in [0, 0.05) is 6.04 Å². The van der Waals surface area contributed by atoms with Crippen LogP contribution in [0.2, 0.25) is 0 Å². The van der Waals surface area contributed by atoms with E-state index in [4.69, 9.17) is 5.73 Å². The van der Waals surface area contributed by atoms with E-state index in [0.29, 0.717) is 12.1 Å². The Balaban J connectivity index is 3.55. The number of rotatable bonds is 3. The van der Waals surface area contributed by atoms with E-state index < -0.39 is 35.0 Å². The first-order valence-electron chi connectivity index (χ1n) is 5.15. The zero-order valence-corrected chi connectivity index (χ0v) is 9.43. The molecule has 0 aromatic heterocycles. The van der Waals surface area contributed by atoms with Gasteiger partial charge in [-0.05, 0) is 18.6 Å². The van der Waals surface area contributed by atoms with Gasteiger partial charge in [-0.1, -0.05) is 13.0 Å². The molecule has 102 valence electrons. The van der Waals surface area contributed by atoms with Gasteiger partial charge >= 0.3 is 6.18 Å². The molecule has 1 aromatic carbocycles. The Hall–Kier alpha value is -1.21. The van der Waals surface area contributed by atoms with Crippen LogP contribution in [0, 0.1) is 11.6 Å². The molecule has 1 aromatic rings. The van der Waals surface area contributed by atoms with Crippen LogP contribution < -0.4 is 5.73 Å².